The highest BCUT2D eigenvalue weighted by molar-refractivity contribution is 7.99. The number of aryl methyl sites for hydroxylation is 1. The molecule has 78 valence electrons. The first-order valence-corrected chi connectivity index (χ1v) is 5.97. The minimum atomic E-state index is -0.0455. The van der Waals surface area contributed by atoms with Crippen LogP contribution in [0.5, 0.6) is 0 Å². The fourth-order valence-electron chi connectivity index (χ4n) is 1.05. The van der Waals surface area contributed by atoms with Gasteiger partial charge in [0.25, 0.3) is 5.56 Å². The molecular weight excluding hydrogens is 196 g/mol. The van der Waals surface area contributed by atoms with Crippen LogP contribution in [0.2, 0.25) is 0 Å². The van der Waals surface area contributed by atoms with Crippen LogP contribution in [0.1, 0.15) is 32.4 Å². The van der Waals surface area contributed by atoms with Crippen LogP contribution in [0.4, 0.5) is 0 Å². The molecule has 4 heteroatoms. The highest BCUT2D eigenvalue weighted by Gasteiger charge is 1.99. The first kappa shape index (κ1) is 11.3. The molecule has 0 saturated carbocycles. The zero-order chi connectivity index (χ0) is 10.4. The number of H-pyrrole nitrogens is 1. The number of nitrogens with zero attached hydrogens (tertiary/aromatic N) is 1. The van der Waals surface area contributed by atoms with Gasteiger partial charge in [-0.05, 0) is 12.8 Å². The van der Waals surface area contributed by atoms with Crippen molar-refractivity contribution in [2.45, 2.75) is 38.3 Å². The van der Waals surface area contributed by atoms with Gasteiger partial charge in [-0.1, -0.05) is 32.0 Å². The van der Waals surface area contributed by atoms with Gasteiger partial charge in [0.2, 0.25) is 0 Å². The lowest BCUT2D eigenvalue weighted by Crippen LogP contribution is -2.09. The molecular formula is C10H16N2OS. The molecule has 0 atom stereocenters. The maximum atomic E-state index is 11.2. The van der Waals surface area contributed by atoms with Crippen molar-refractivity contribution in [3.63, 3.8) is 0 Å². The summed E-state index contributed by atoms with van der Waals surface area (Å²) in [5.74, 6) is 1.02. The Balaban J connectivity index is 2.67. The maximum Gasteiger partial charge on any atom is 0.251 e. The third kappa shape index (κ3) is 3.54. The second-order valence-electron chi connectivity index (χ2n) is 3.10. The van der Waals surface area contributed by atoms with Crippen molar-refractivity contribution in [1.29, 1.82) is 0 Å². The Morgan fingerprint density at radius 1 is 1.50 bits per heavy atom. The molecule has 14 heavy (non-hydrogen) atoms. The smallest absolute Gasteiger partial charge is 0.251 e. The molecule has 0 aliphatic heterocycles. The van der Waals surface area contributed by atoms with Gasteiger partial charge in [-0.25, -0.2) is 4.98 Å². The van der Waals surface area contributed by atoms with E-state index in [1.807, 2.05) is 6.92 Å². The third-order valence-electron chi connectivity index (χ3n) is 1.87. The summed E-state index contributed by atoms with van der Waals surface area (Å²) in [5.41, 5.74) is 0.823. The van der Waals surface area contributed by atoms with Gasteiger partial charge in [-0.2, -0.15) is 0 Å². The van der Waals surface area contributed by atoms with E-state index in [4.69, 9.17) is 0 Å². The average molecular weight is 212 g/mol. The van der Waals surface area contributed by atoms with Crippen molar-refractivity contribution in [3.8, 4) is 0 Å². The molecule has 0 amide bonds. The molecule has 0 fully saturated rings. The largest absolute Gasteiger partial charge is 0.301 e. The summed E-state index contributed by atoms with van der Waals surface area (Å²) in [7, 11) is 0. The van der Waals surface area contributed by atoms with Crippen LogP contribution in [0, 0.1) is 0 Å². The van der Waals surface area contributed by atoms with E-state index < -0.39 is 0 Å². The minimum Gasteiger partial charge on any atom is -0.301 e. The van der Waals surface area contributed by atoms with E-state index in [2.05, 4.69) is 16.9 Å². The second kappa shape index (κ2) is 5.86. The summed E-state index contributed by atoms with van der Waals surface area (Å²) in [6.45, 7) is 4.15. The van der Waals surface area contributed by atoms with Crippen LogP contribution >= 0.6 is 11.8 Å². The van der Waals surface area contributed by atoms with Crippen LogP contribution in [-0.2, 0) is 6.42 Å². The van der Waals surface area contributed by atoms with Gasteiger partial charge >= 0.3 is 0 Å². The number of thioether (sulfide) groups is 1. The van der Waals surface area contributed by atoms with Gasteiger partial charge in [0.15, 0.2) is 5.16 Å². The molecule has 0 aliphatic rings. The van der Waals surface area contributed by atoms with E-state index in [0.29, 0.717) is 0 Å². The van der Waals surface area contributed by atoms with E-state index in [9.17, 15) is 4.79 Å². The topological polar surface area (TPSA) is 45.8 Å². The molecule has 0 radical (unpaired) electrons. The predicted octanol–water partition coefficient (Wildman–Crippen LogP) is 2.22. The molecule has 0 saturated heterocycles. The Morgan fingerprint density at radius 2 is 2.29 bits per heavy atom. The quantitative estimate of drug-likeness (QED) is 0.462. The van der Waals surface area contributed by atoms with Gasteiger partial charge in [0, 0.05) is 17.5 Å². The molecule has 1 N–H and O–H groups in total. The van der Waals surface area contributed by atoms with Crippen molar-refractivity contribution in [2.24, 2.45) is 0 Å². The fourth-order valence-corrected chi connectivity index (χ4v) is 2.03. The van der Waals surface area contributed by atoms with Crippen LogP contribution in [0.15, 0.2) is 16.0 Å². The number of aromatic nitrogens is 2. The average Bonchev–Trinajstić information content (AvgIpc) is 2.17. The maximum absolute atomic E-state index is 11.2. The van der Waals surface area contributed by atoms with Crippen LogP contribution in [-0.4, -0.2) is 15.7 Å². The molecule has 3 nitrogen and oxygen atoms in total. The van der Waals surface area contributed by atoms with Crippen LogP contribution in [0.25, 0.3) is 0 Å². The lowest BCUT2D eigenvalue weighted by molar-refractivity contribution is 0.857. The highest BCUT2D eigenvalue weighted by Crippen LogP contribution is 2.13. The van der Waals surface area contributed by atoms with Crippen molar-refractivity contribution in [2.75, 3.05) is 5.75 Å². The highest BCUT2D eigenvalue weighted by atomic mass is 32.2. The molecule has 0 unspecified atom stereocenters. The molecule has 1 aromatic heterocycles. The monoisotopic (exact) mass is 212 g/mol. The number of hydrogen-bond donors (Lipinski definition) is 1. The Kier molecular flexibility index (Phi) is 4.73. The Hall–Kier alpha value is -0.770. The Bertz CT molecular complexity index is 335. The Morgan fingerprint density at radius 3 is 2.93 bits per heavy atom. The molecule has 0 spiro atoms. The van der Waals surface area contributed by atoms with Gasteiger partial charge in [-0.15, -0.1) is 0 Å². The zero-order valence-electron chi connectivity index (χ0n) is 8.67. The molecule has 1 rings (SSSR count). The summed E-state index contributed by atoms with van der Waals surface area (Å²) < 4.78 is 0. The first-order chi connectivity index (χ1) is 6.76. The molecule has 1 aromatic rings. The number of aromatic amines is 1. The van der Waals surface area contributed by atoms with Gasteiger partial charge in [0.1, 0.15) is 0 Å². The van der Waals surface area contributed by atoms with Gasteiger partial charge in [-0.3, -0.25) is 4.79 Å². The van der Waals surface area contributed by atoms with E-state index in [1.54, 1.807) is 17.8 Å². The van der Waals surface area contributed by atoms with E-state index in [-0.39, 0.29) is 5.56 Å². The summed E-state index contributed by atoms with van der Waals surface area (Å²) in [6, 6.07) is 1.56. The van der Waals surface area contributed by atoms with E-state index in [0.717, 1.165) is 29.4 Å². The Labute approximate surface area is 88.3 Å². The summed E-state index contributed by atoms with van der Waals surface area (Å²) in [4.78, 5) is 18.3. The van der Waals surface area contributed by atoms with Crippen LogP contribution in [0.3, 0.4) is 0 Å². The zero-order valence-corrected chi connectivity index (χ0v) is 9.49. The lowest BCUT2D eigenvalue weighted by atomic mass is 10.3. The van der Waals surface area contributed by atoms with Crippen molar-refractivity contribution in [3.05, 3.63) is 22.1 Å². The minimum absolute atomic E-state index is 0.0455. The number of hydrogen-bond acceptors (Lipinski definition) is 3. The standard InChI is InChI=1S/C10H16N2OS/c1-3-5-6-14-10-11-8(4-2)7-9(13)12-10/h7H,3-6H2,1-2H3,(H,11,12,13). The fraction of sp³-hybridized carbons (Fsp3) is 0.600. The normalized spacial score (nSPS) is 10.4. The lowest BCUT2D eigenvalue weighted by Gasteiger charge is -2.01. The summed E-state index contributed by atoms with van der Waals surface area (Å²) in [5, 5.41) is 0.753. The third-order valence-corrected chi connectivity index (χ3v) is 2.83. The number of rotatable bonds is 5. The predicted molar refractivity (Wildman–Crippen MR) is 59.9 cm³/mol. The second-order valence-corrected chi connectivity index (χ2v) is 4.18. The SMILES string of the molecule is CCCCSc1nc(CC)cc(=O)[nH]1. The van der Waals surface area contributed by atoms with E-state index >= 15 is 0 Å². The van der Waals surface area contributed by atoms with E-state index in [1.165, 1.54) is 6.42 Å². The van der Waals surface area contributed by atoms with Crippen molar-refractivity contribution < 1.29 is 0 Å². The number of nitrogens with one attached hydrogen (secondary N) is 1. The van der Waals surface area contributed by atoms with Gasteiger partial charge in [0.05, 0.1) is 0 Å². The first-order valence-electron chi connectivity index (χ1n) is 4.99. The molecule has 0 aliphatic carbocycles. The molecule has 0 aromatic carbocycles. The molecule has 1 heterocycles. The van der Waals surface area contributed by atoms with Gasteiger partial charge < -0.3 is 4.98 Å². The summed E-state index contributed by atoms with van der Waals surface area (Å²) in [6.07, 6.45) is 3.14. The van der Waals surface area contributed by atoms with Crippen molar-refractivity contribution >= 4 is 11.8 Å². The van der Waals surface area contributed by atoms with Crippen molar-refractivity contribution in [1.82, 2.24) is 9.97 Å². The number of unbranched alkanes of at least 4 members (excludes halogenated alkanes) is 1. The molecule has 0 bridgehead atoms. The summed E-state index contributed by atoms with van der Waals surface area (Å²) >= 11 is 1.62. The van der Waals surface area contributed by atoms with Crippen LogP contribution < -0.4 is 5.56 Å².